The van der Waals surface area contributed by atoms with Crippen molar-refractivity contribution in [2.24, 2.45) is 11.8 Å². The second-order valence-corrected chi connectivity index (χ2v) is 5.85. The molecule has 1 aliphatic rings. The lowest BCUT2D eigenvalue weighted by atomic mass is 9.87. The summed E-state index contributed by atoms with van der Waals surface area (Å²) in [6.07, 6.45) is 3.45. The monoisotopic (exact) mass is 252 g/mol. The van der Waals surface area contributed by atoms with Crippen molar-refractivity contribution in [3.8, 4) is 0 Å². The van der Waals surface area contributed by atoms with Gasteiger partial charge in [-0.3, -0.25) is 4.79 Å². The summed E-state index contributed by atoms with van der Waals surface area (Å²) in [4.78, 5) is 12.8. The fourth-order valence-electron chi connectivity index (χ4n) is 3.40. The number of hydrogen-bond donors (Lipinski definition) is 0. The normalized spacial score (nSPS) is 22.8. The van der Waals surface area contributed by atoms with Crippen LogP contribution in [0.4, 0.5) is 0 Å². The van der Waals surface area contributed by atoms with Gasteiger partial charge in [0.2, 0.25) is 0 Å². The van der Waals surface area contributed by atoms with E-state index in [-0.39, 0.29) is 5.92 Å². The Bertz CT molecular complexity index is 627. The van der Waals surface area contributed by atoms with Crippen molar-refractivity contribution in [2.45, 2.75) is 33.1 Å². The Balaban J connectivity index is 2.10. The van der Waals surface area contributed by atoms with E-state index in [0.29, 0.717) is 11.7 Å². The number of ketones is 1. The van der Waals surface area contributed by atoms with Gasteiger partial charge in [-0.2, -0.15) is 0 Å². The Morgan fingerprint density at radius 1 is 1.05 bits per heavy atom. The Labute approximate surface area is 114 Å². The van der Waals surface area contributed by atoms with Gasteiger partial charge in [-0.1, -0.05) is 49.7 Å². The van der Waals surface area contributed by atoms with Crippen LogP contribution in [0.5, 0.6) is 0 Å². The maximum Gasteiger partial charge on any atom is 0.166 e. The summed E-state index contributed by atoms with van der Waals surface area (Å²) in [7, 11) is 0. The van der Waals surface area contributed by atoms with Gasteiger partial charge >= 0.3 is 0 Å². The number of fused-ring (bicyclic) bond motifs is 1. The van der Waals surface area contributed by atoms with Crippen LogP contribution < -0.4 is 0 Å². The zero-order chi connectivity index (χ0) is 13.4. The van der Waals surface area contributed by atoms with Crippen LogP contribution >= 0.6 is 0 Å². The molecule has 0 aliphatic heterocycles. The maximum absolute atomic E-state index is 12.8. The topological polar surface area (TPSA) is 17.1 Å². The third kappa shape index (κ3) is 2.07. The van der Waals surface area contributed by atoms with Gasteiger partial charge in [0.15, 0.2) is 5.78 Å². The molecule has 1 nitrogen and oxygen atoms in total. The van der Waals surface area contributed by atoms with Crippen molar-refractivity contribution in [3.63, 3.8) is 0 Å². The molecule has 1 saturated carbocycles. The number of carbonyl (C=O) groups excluding carboxylic acids is 1. The van der Waals surface area contributed by atoms with Crippen molar-refractivity contribution in [2.75, 3.05) is 0 Å². The van der Waals surface area contributed by atoms with Gasteiger partial charge in [0.25, 0.3) is 0 Å². The van der Waals surface area contributed by atoms with Crippen molar-refractivity contribution >= 4 is 16.6 Å². The van der Waals surface area contributed by atoms with E-state index in [1.54, 1.807) is 0 Å². The molecular weight excluding hydrogens is 232 g/mol. The third-order valence-corrected chi connectivity index (χ3v) is 4.61. The van der Waals surface area contributed by atoms with Gasteiger partial charge in [0, 0.05) is 11.5 Å². The first-order valence-corrected chi connectivity index (χ1v) is 7.21. The van der Waals surface area contributed by atoms with Gasteiger partial charge < -0.3 is 0 Å². The van der Waals surface area contributed by atoms with Gasteiger partial charge in [0.05, 0.1) is 0 Å². The smallest absolute Gasteiger partial charge is 0.166 e. The molecule has 2 aromatic rings. The van der Waals surface area contributed by atoms with E-state index in [0.717, 1.165) is 17.4 Å². The minimum Gasteiger partial charge on any atom is -0.294 e. The molecule has 0 saturated heterocycles. The first-order valence-electron chi connectivity index (χ1n) is 7.21. The molecule has 1 heteroatoms. The zero-order valence-electron chi connectivity index (χ0n) is 11.6. The zero-order valence-corrected chi connectivity index (χ0v) is 11.6. The van der Waals surface area contributed by atoms with Gasteiger partial charge in [-0.05, 0) is 42.0 Å². The van der Waals surface area contributed by atoms with Crippen LogP contribution in [-0.2, 0) is 0 Å². The molecule has 98 valence electrons. The molecule has 19 heavy (non-hydrogen) atoms. The number of carbonyl (C=O) groups is 1. The SMILES string of the molecule is Cc1ccc(C(=O)C2CCCC2C)c2ccccc12. The maximum atomic E-state index is 12.8. The lowest BCUT2D eigenvalue weighted by Crippen LogP contribution is -2.17. The van der Waals surface area contributed by atoms with E-state index in [2.05, 4.69) is 32.0 Å². The highest BCUT2D eigenvalue weighted by molar-refractivity contribution is 6.09. The van der Waals surface area contributed by atoms with Crippen molar-refractivity contribution in [3.05, 3.63) is 47.5 Å². The number of rotatable bonds is 2. The summed E-state index contributed by atoms with van der Waals surface area (Å²) in [6, 6.07) is 12.4. The quantitative estimate of drug-likeness (QED) is 0.704. The Morgan fingerprint density at radius 2 is 1.79 bits per heavy atom. The molecule has 0 amide bonds. The molecule has 3 rings (SSSR count). The average Bonchev–Trinajstić information content (AvgIpc) is 2.85. The van der Waals surface area contributed by atoms with E-state index >= 15 is 0 Å². The highest BCUT2D eigenvalue weighted by Crippen LogP contribution is 2.35. The van der Waals surface area contributed by atoms with E-state index < -0.39 is 0 Å². The molecule has 2 unspecified atom stereocenters. The van der Waals surface area contributed by atoms with Crippen molar-refractivity contribution in [1.29, 1.82) is 0 Å². The van der Waals surface area contributed by atoms with Crippen LogP contribution in [-0.4, -0.2) is 5.78 Å². The summed E-state index contributed by atoms with van der Waals surface area (Å²) in [6.45, 7) is 4.32. The molecule has 0 spiro atoms. The van der Waals surface area contributed by atoms with E-state index in [4.69, 9.17) is 0 Å². The van der Waals surface area contributed by atoms with Crippen LogP contribution in [0.15, 0.2) is 36.4 Å². The summed E-state index contributed by atoms with van der Waals surface area (Å²) >= 11 is 0. The summed E-state index contributed by atoms with van der Waals surface area (Å²) < 4.78 is 0. The molecule has 0 aromatic heterocycles. The summed E-state index contributed by atoms with van der Waals surface area (Å²) in [5, 5.41) is 2.32. The lowest BCUT2D eigenvalue weighted by molar-refractivity contribution is 0.0899. The fourth-order valence-corrected chi connectivity index (χ4v) is 3.40. The Morgan fingerprint density at radius 3 is 2.47 bits per heavy atom. The second kappa shape index (κ2) is 4.80. The molecular formula is C18H20O. The van der Waals surface area contributed by atoms with Crippen molar-refractivity contribution in [1.82, 2.24) is 0 Å². The average molecular weight is 252 g/mol. The minimum atomic E-state index is 0.228. The second-order valence-electron chi connectivity index (χ2n) is 5.85. The van der Waals surface area contributed by atoms with Crippen LogP contribution in [0.2, 0.25) is 0 Å². The first-order chi connectivity index (χ1) is 9.18. The number of benzene rings is 2. The minimum absolute atomic E-state index is 0.228. The molecule has 0 bridgehead atoms. The molecule has 2 atom stereocenters. The predicted octanol–water partition coefficient (Wildman–Crippen LogP) is 4.77. The molecule has 2 aromatic carbocycles. The lowest BCUT2D eigenvalue weighted by Gasteiger charge is -2.16. The van der Waals surface area contributed by atoms with Gasteiger partial charge in [-0.15, -0.1) is 0 Å². The Hall–Kier alpha value is -1.63. The van der Waals surface area contributed by atoms with Gasteiger partial charge in [-0.25, -0.2) is 0 Å². The molecule has 0 N–H and O–H groups in total. The number of aryl methyl sites for hydroxylation is 1. The van der Waals surface area contributed by atoms with Gasteiger partial charge in [0.1, 0.15) is 0 Å². The third-order valence-electron chi connectivity index (χ3n) is 4.61. The molecule has 1 aliphatic carbocycles. The van der Waals surface area contributed by atoms with Crippen LogP contribution in [0.25, 0.3) is 10.8 Å². The number of Topliss-reactive ketones (excluding diaryl/α,β-unsaturated/α-hetero) is 1. The van der Waals surface area contributed by atoms with Crippen LogP contribution in [0.1, 0.15) is 42.1 Å². The molecule has 1 fully saturated rings. The van der Waals surface area contributed by atoms with E-state index in [1.165, 1.54) is 23.8 Å². The molecule has 0 heterocycles. The van der Waals surface area contributed by atoms with Crippen molar-refractivity contribution < 1.29 is 4.79 Å². The first kappa shape index (κ1) is 12.4. The van der Waals surface area contributed by atoms with Crippen LogP contribution in [0, 0.1) is 18.8 Å². The highest BCUT2D eigenvalue weighted by Gasteiger charge is 2.30. The standard InChI is InChI=1S/C18H20O/c1-12-6-5-9-15(12)18(19)17-11-10-13(2)14-7-3-4-8-16(14)17/h3-4,7-8,10-12,15H,5-6,9H2,1-2H3. The summed E-state index contributed by atoms with van der Waals surface area (Å²) in [5.41, 5.74) is 2.16. The highest BCUT2D eigenvalue weighted by atomic mass is 16.1. The van der Waals surface area contributed by atoms with Crippen LogP contribution in [0.3, 0.4) is 0 Å². The van der Waals surface area contributed by atoms with E-state index in [1.807, 2.05) is 18.2 Å². The Kier molecular flexibility index (Phi) is 3.14. The predicted molar refractivity (Wildman–Crippen MR) is 79.5 cm³/mol. The van der Waals surface area contributed by atoms with E-state index in [9.17, 15) is 4.79 Å². The molecule has 0 radical (unpaired) electrons. The largest absolute Gasteiger partial charge is 0.294 e. The summed E-state index contributed by atoms with van der Waals surface area (Å²) in [5.74, 6) is 1.11. The fraction of sp³-hybridized carbons (Fsp3) is 0.389. The number of hydrogen-bond acceptors (Lipinski definition) is 1.